The summed E-state index contributed by atoms with van der Waals surface area (Å²) in [6.07, 6.45) is 5.88. The van der Waals surface area contributed by atoms with Crippen molar-refractivity contribution in [2.45, 2.75) is 18.2 Å². The van der Waals surface area contributed by atoms with Gasteiger partial charge in [-0.3, -0.25) is 0 Å². The third kappa shape index (κ3) is 5.37. The molecule has 0 amide bonds. The molecule has 0 aliphatic carbocycles. The molecule has 0 fully saturated rings. The third-order valence-corrected chi connectivity index (χ3v) is 5.20. The number of aryl methyl sites for hydroxylation is 1. The van der Waals surface area contributed by atoms with E-state index in [9.17, 15) is 8.42 Å². The molecule has 0 heterocycles. The molecule has 25 heavy (non-hydrogen) atoms. The van der Waals surface area contributed by atoms with Gasteiger partial charge in [0.15, 0.2) is 0 Å². The van der Waals surface area contributed by atoms with Crippen molar-refractivity contribution in [2.24, 2.45) is 0 Å². The first-order valence-corrected chi connectivity index (χ1v) is 9.42. The largest absolute Gasteiger partial charge is 0.270 e. The molecule has 0 saturated carbocycles. The summed E-state index contributed by atoms with van der Waals surface area (Å²) in [6, 6.07) is 18.9. The average molecular weight is 351 g/mol. The fourth-order valence-corrected chi connectivity index (χ4v) is 3.35. The van der Waals surface area contributed by atoms with Crippen molar-refractivity contribution in [3.05, 3.63) is 90.5 Å². The number of allylic oxidation sites excluding steroid dienone is 2. The highest BCUT2D eigenvalue weighted by atomic mass is 32.2. The number of sulfonamides is 1. The lowest BCUT2D eigenvalue weighted by Gasteiger charge is -2.17. The Hall–Kier alpha value is -2.77. The van der Waals surface area contributed by atoms with E-state index in [1.807, 2.05) is 43.3 Å². The Kier molecular flexibility index (Phi) is 6.62. The molecule has 0 atom stereocenters. The summed E-state index contributed by atoms with van der Waals surface area (Å²) < 4.78 is 27.0. The van der Waals surface area contributed by atoms with Gasteiger partial charge in [-0.15, -0.1) is 0 Å². The average Bonchev–Trinajstić information content (AvgIpc) is 2.62. The van der Waals surface area contributed by atoms with Gasteiger partial charge in [-0.25, -0.2) is 12.7 Å². The summed E-state index contributed by atoms with van der Waals surface area (Å²) in [6.45, 7) is 5.81. The van der Waals surface area contributed by atoms with Crippen LogP contribution in [0.4, 0.5) is 0 Å². The normalized spacial score (nSPS) is 10.9. The van der Waals surface area contributed by atoms with Crippen molar-refractivity contribution in [3.63, 3.8) is 0 Å². The minimum atomic E-state index is -3.68. The fourth-order valence-electron chi connectivity index (χ4n) is 2.11. The lowest BCUT2D eigenvalue weighted by atomic mass is 10.2. The quantitative estimate of drug-likeness (QED) is 0.446. The number of rotatable bonds is 6. The van der Waals surface area contributed by atoms with Crippen LogP contribution in [0.15, 0.2) is 84.3 Å². The Morgan fingerprint density at radius 3 is 2.40 bits per heavy atom. The number of benzene rings is 2. The zero-order valence-electron chi connectivity index (χ0n) is 14.2. The molecular formula is C21H21NO2S. The van der Waals surface area contributed by atoms with Gasteiger partial charge in [-0.05, 0) is 43.5 Å². The first kappa shape index (κ1) is 18.6. The van der Waals surface area contributed by atoms with E-state index in [-0.39, 0.29) is 11.4 Å². The van der Waals surface area contributed by atoms with Gasteiger partial charge < -0.3 is 0 Å². The van der Waals surface area contributed by atoms with Crippen LogP contribution in [0.5, 0.6) is 0 Å². The van der Waals surface area contributed by atoms with Crippen molar-refractivity contribution in [1.82, 2.24) is 4.31 Å². The van der Waals surface area contributed by atoms with E-state index in [0.717, 1.165) is 11.1 Å². The molecule has 0 radical (unpaired) electrons. The summed E-state index contributed by atoms with van der Waals surface area (Å²) in [7, 11) is -3.68. The van der Waals surface area contributed by atoms with Crippen molar-refractivity contribution in [2.75, 3.05) is 6.54 Å². The van der Waals surface area contributed by atoms with Gasteiger partial charge in [0.1, 0.15) is 0 Å². The molecule has 2 rings (SSSR count). The molecule has 2 aromatic carbocycles. The Labute approximate surface area is 150 Å². The van der Waals surface area contributed by atoms with E-state index >= 15 is 0 Å². The van der Waals surface area contributed by atoms with Gasteiger partial charge in [-0.1, -0.05) is 60.7 Å². The highest BCUT2D eigenvalue weighted by Gasteiger charge is 2.21. The maximum atomic E-state index is 12.9. The van der Waals surface area contributed by atoms with Gasteiger partial charge in [0.2, 0.25) is 0 Å². The van der Waals surface area contributed by atoms with Crippen LogP contribution >= 0.6 is 0 Å². The molecule has 128 valence electrons. The highest BCUT2D eigenvalue weighted by molar-refractivity contribution is 7.89. The van der Waals surface area contributed by atoms with Crippen LogP contribution in [-0.4, -0.2) is 19.3 Å². The molecule has 0 unspecified atom stereocenters. The van der Waals surface area contributed by atoms with Crippen LogP contribution in [0, 0.1) is 18.9 Å². The second-order valence-electron chi connectivity index (χ2n) is 5.45. The predicted octanol–water partition coefficient (Wildman–Crippen LogP) is 4.13. The molecule has 0 N–H and O–H groups in total. The SMILES string of the molecule is C=C/C=C/CCN(C#Cc1ccccc1)S(=O)(=O)c1ccc(C)cc1. The van der Waals surface area contributed by atoms with Gasteiger partial charge in [-0.2, -0.15) is 0 Å². The summed E-state index contributed by atoms with van der Waals surface area (Å²) in [5, 5.41) is 0. The zero-order chi connectivity index (χ0) is 18.1. The Morgan fingerprint density at radius 1 is 1.08 bits per heavy atom. The Bertz CT molecular complexity index is 886. The Morgan fingerprint density at radius 2 is 1.76 bits per heavy atom. The zero-order valence-corrected chi connectivity index (χ0v) is 15.0. The van der Waals surface area contributed by atoms with Gasteiger partial charge in [0.05, 0.1) is 4.90 Å². The minimum Gasteiger partial charge on any atom is -0.224 e. The van der Waals surface area contributed by atoms with E-state index < -0.39 is 10.0 Å². The van der Waals surface area contributed by atoms with Crippen LogP contribution in [0.2, 0.25) is 0 Å². The lowest BCUT2D eigenvalue weighted by Crippen LogP contribution is -2.27. The highest BCUT2D eigenvalue weighted by Crippen LogP contribution is 2.16. The second kappa shape index (κ2) is 8.91. The molecule has 3 nitrogen and oxygen atoms in total. The molecule has 0 spiro atoms. The van der Waals surface area contributed by atoms with Crippen molar-refractivity contribution < 1.29 is 8.42 Å². The molecule has 0 aromatic heterocycles. The third-order valence-electron chi connectivity index (χ3n) is 3.48. The monoisotopic (exact) mass is 351 g/mol. The van der Waals surface area contributed by atoms with Crippen molar-refractivity contribution >= 4 is 10.0 Å². The smallest absolute Gasteiger partial charge is 0.224 e. The van der Waals surface area contributed by atoms with Gasteiger partial charge in [0.25, 0.3) is 10.0 Å². The maximum absolute atomic E-state index is 12.9. The van der Waals surface area contributed by atoms with Gasteiger partial charge in [0, 0.05) is 18.2 Å². The molecule has 4 heteroatoms. The molecular weight excluding hydrogens is 330 g/mol. The standard InChI is InChI=1S/C21H21NO2S/c1-3-4-5-9-17-22(18-16-20-10-7-6-8-11-20)25(23,24)21-14-12-19(2)13-15-21/h3-8,10-15H,1,9,17H2,2H3/b5-4+. The van der Waals surface area contributed by atoms with E-state index in [1.54, 1.807) is 36.4 Å². The fraction of sp³-hybridized carbons (Fsp3) is 0.143. The predicted molar refractivity (Wildman–Crippen MR) is 102 cm³/mol. The van der Waals surface area contributed by atoms with E-state index in [0.29, 0.717) is 6.42 Å². The minimum absolute atomic E-state index is 0.244. The number of hydrogen-bond acceptors (Lipinski definition) is 2. The topological polar surface area (TPSA) is 37.4 Å². The summed E-state index contributed by atoms with van der Waals surface area (Å²) >= 11 is 0. The van der Waals surface area contributed by atoms with Crippen molar-refractivity contribution in [1.29, 1.82) is 0 Å². The molecule has 0 aliphatic heterocycles. The van der Waals surface area contributed by atoms with E-state index in [2.05, 4.69) is 18.5 Å². The second-order valence-corrected chi connectivity index (χ2v) is 7.31. The van der Waals surface area contributed by atoms with E-state index in [4.69, 9.17) is 0 Å². The Balaban J connectivity index is 2.32. The van der Waals surface area contributed by atoms with Crippen LogP contribution in [0.1, 0.15) is 17.5 Å². The van der Waals surface area contributed by atoms with Crippen LogP contribution in [0.3, 0.4) is 0 Å². The first-order chi connectivity index (χ1) is 12.0. The number of nitrogens with zero attached hydrogens (tertiary/aromatic N) is 1. The lowest BCUT2D eigenvalue weighted by molar-refractivity contribution is 0.514. The van der Waals surface area contributed by atoms with Crippen LogP contribution in [-0.2, 0) is 10.0 Å². The molecule has 0 aliphatic rings. The van der Waals surface area contributed by atoms with Crippen LogP contribution in [0.25, 0.3) is 0 Å². The summed E-state index contributed by atoms with van der Waals surface area (Å²) in [4.78, 5) is 0.244. The molecule has 2 aromatic rings. The molecule has 0 bridgehead atoms. The van der Waals surface area contributed by atoms with Gasteiger partial charge >= 0.3 is 0 Å². The van der Waals surface area contributed by atoms with Crippen molar-refractivity contribution in [3.8, 4) is 12.0 Å². The summed E-state index contributed by atoms with van der Waals surface area (Å²) in [5.41, 5.74) is 1.78. The number of hydrogen-bond donors (Lipinski definition) is 0. The maximum Gasteiger partial charge on any atom is 0.270 e. The molecule has 0 saturated heterocycles. The van der Waals surface area contributed by atoms with E-state index in [1.165, 1.54) is 4.31 Å². The van der Waals surface area contributed by atoms with Crippen LogP contribution < -0.4 is 0 Å². The summed E-state index contributed by atoms with van der Waals surface area (Å²) in [5.74, 6) is 2.93. The first-order valence-electron chi connectivity index (χ1n) is 7.98.